The second-order valence-corrected chi connectivity index (χ2v) is 7.32. The Labute approximate surface area is 124 Å². The van der Waals surface area contributed by atoms with Crippen LogP contribution in [0.25, 0.3) is 0 Å². The summed E-state index contributed by atoms with van der Waals surface area (Å²) >= 11 is 5.91. The molecule has 1 aliphatic rings. The monoisotopic (exact) mass is 318 g/mol. The Morgan fingerprint density at radius 1 is 1.45 bits per heavy atom. The number of nitrogens with zero attached hydrogens (tertiary/aromatic N) is 1. The van der Waals surface area contributed by atoms with Gasteiger partial charge in [0.1, 0.15) is 0 Å². The molecular formula is C13H19ClN2O3S. The Bertz CT molecular complexity index is 604. The van der Waals surface area contributed by atoms with Crippen LogP contribution in [0.4, 0.5) is 5.69 Å². The minimum atomic E-state index is -3.56. The summed E-state index contributed by atoms with van der Waals surface area (Å²) < 4.78 is 32.1. The summed E-state index contributed by atoms with van der Waals surface area (Å²) in [4.78, 5) is 0.219. The molecule has 2 N–H and O–H groups in total. The zero-order valence-corrected chi connectivity index (χ0v) is 13.2. The molecule has 1 atom stereocenters. The zero-order valence-electron chi connectivity index (χ0n) is 11.6. The molecule has 1 aromatic rings. The fourth-order valence-corrected chi connectivity index (χ4v) is 4.37. The van der Waals surface area contributed by atoms with E-state index >= 15 is 0 Å². The van der Waals surface area contributed by atoms with Gasteiger partial charge in [-0.1, -0.05) is 11.6 Å². The Kier molecular flexibility index (Phi) is 4.59. The molecule has 7 heteroatoms. The standard InChI is InChI=1S/C13H19ClN2O3S/c1-9-6-11(14)12(15)7-13(9)20(17,18)16-5-3-4-10(8-16)19-2/h6-7,10H,3-5,8,15H2,1-2H3. The van der Waals surface area contributed by atoms with Gasteiger partial charge in [-0.3, -0.25) is 0 Å². The maximum absolute atomic E-state index is 12.7. The van der Waals surface area contributed by atoms with E-state index in [-0.39, 0.29) is 16.7 Å². The van der Waals surface area contributed by atoms with Gasteiger partial charge in [-0.05, 0) is 37.5 Å². The van der Waals surface area contributed by atoms with Gasteiger partial charge in [0.2, 0.25) is 10.0 Å². The Morgan fingerprint density at radius 3 is 2.80 bits per heavy atom. The van der Waals surface area contributed by atoms with E-state index in [1.165, 1.54) is 10.4 Å². The van der Waals surface area contributed by atoms with Gasteiger partial charge in [-0.25, -0.2) is 8.42 Å². The first-order valence-corrected chi connectivity index (χ1v) is 8.26. The minimum absolute atomic E-state index is 0.0523. The van der Waals surface area contributed by atoms with Crippen LogP contribution in [0.15, 0.2) is 17.0 Å². The highest BCUT2D eigenvalue weighted by atomic mass is 35.5. The van der Waals surface area contributed by atoms with Gasteiger partial charge >= 0.3 is 0 Å². The SMILES string of the molecule is COC1CCCN(S(=O)(=O)c2cc(N)c(Cl)cc2C)C1. The molecule has 1 aliphatic heterocycles. The van der Waals surface area contributed by atoms with Crippen molar-refractivity contribution >= 4 is 27.3 Å². The van der Waals surface area contributed by atoms with Crippen LogP contribution in [-0.2, 0) is 14.8 Å². The van der Waals surface area contributed by atoms with Crippen LogP contribution in [0, 0.1) is 6.92 Å². The number of nitrogens with two attached hydrogens (primary N) is 1. The maximum atomic E-state index is 12.7. The predicted molar refractivity (Wildman–Crippen MR) is 79.4 cm³/mol. The van der Waals surface area contributed by atoms with Gasteiger partial charge in [-0.2, -0.15) is 4.31 Å². The van der Waals surface area contributed by atoms with Crippen molar-refractivity contribution in [1.82, 2.24) is 4.31 Å². The largest absolute Gasteiger partial charge is 0.397 e. The number of nitrogen functional groups attached to an aromatic ring is 1. The van der Waals surface area contributed by atoms with Crippen molar-refractivity contribution in [3.8, 4) is 0 Å². The fourth-order valence-electron chi connectivity index (χ4n) is 2.40. The fraction of sp³-hybridized carbons (Fsp3) is 0.538. The molecule has 1 unspecified atom stereocenters. The lowest BCUT2D eigenvalue weighted by atomic mass is 10.1. The molecule has 0 radical (unpaired) electrons. The van der Waals surface area contributed by atoms with Gasteiger partial charge in [-0.15, -0.1) is 0 Å². The number of benzene rings is 1. The van der Waals surface area contributed by atoms with Gasteiger partial charge in [0.05, 0.1) is 21.7 Å². The van der Waals surface area contributed by atoms with Gasteiger partial charge in [0, 0.05) is 20.2 Å². The third-order valence-corrected chi connectivity index (χ3v) is 5.92. The summed E-state index contributed by atoms with van der Waals surface area (Å²) in [5, 5.41) is 0.370. The molecule has 1 heterocycles. The first-order chi connectivity index (χ1) is 9.36. The van der Waals surface area contributed by atoms with Crippen LogP contribution in [0.2, 0.25) is 5.02 Å². The Hall–Kier alpha value is -0.820. The lowest BCUT2D eigenvalue weighted by Crippen LogP contribution is -2.43. The van der Waals surface area contributed by atoms with E-state index in [1.807, 2.05) is 0 Å². The lowest BCUT2D eigenvalue weighted by molar-refractivity contribution is 0.0572. The third-order valence-electron chi connectivity index (χ3n) is 3.59. The van der Waals surface area contributed by atoms with Crippen LogP contribution < -0.4 is 5.73 Å². The van der Waals surface area contributed by atoms with Crippen molar-refractivity contribution in [2.45, 2.75) is 30.8 Å². The summed E-state index contributed by atoms with van der Waals surface area (Å²) in [6.07, 6.45) is 1.62. The summed E-state index contributed by atoms with van der Waals surface area (Å²) in [7, 11) is -1.96. The van der Waals surface area contributed by atoms with Crippen molar-refractivity contribution in [2.75, 3.05) is 25.9 Å². The summed E-state index contributed by atoms with van der Waals surface area (Å²) in [5.41, 5.74) is 6.60. The van der Waals surface area contributed by atoms with Crippen LogP contribution >= 0.6 is 11.6 Å². The highest BCUT2D eigenvalue weighted by Crippen LogP contribution is 2.29. The van der Waals surface area contributed by atoms with Crippen LogP contribution in [-0.4, -0.2) is 39.0 Å². The number of anilines is 1. The van der Waals surface area contributed by atoms with Crippen LogP contribution in [0.5, 0.6) is 0 Å². The van der Waals surface area contributed by atoms with Crippen molar-refractivity contribution in [3.05, 3.63) is 22.7 Å². The van der Waals surface area contributed by atoms with E-state index in [0.29, 0.717) is 23.7 Å². The summed E-state index contributed by atoms with van der Waals surface area (Å²) in [6, 6.07) is 3.02. The van der Waals surface area contributed by atoms with E-state index < -0.39 is 10.0 Å². The first kappa shape index (κ1) is 15.6. The molecule has 1 saturated heterocycles. The Morgan fingerprint density at radius 2 is 2.15 bits per heavy atom. The number of sulfonamides is 1. The van der Waals surface area contributed by atoms with Gasteiger partial charge in [0.15, 0.2) is 0 Å². The van der Waals surface area contributed by atoms with Crippen molar-refractivity contribution in [2.24, 2.45) is 0 Å². The van der Waals surface area contributed by atoms with Gasteiger partial charge in [0.25, 0.3) is 0 Å². The molecule has 0 aliphatic carbocycles. The second-order valence-electron chi connectivity index (χ2n) is 5.00. The topological polar surface area (TPSA) is 72.6 Å². The molecule has 1 aromatic carbocycles. The van der Waals surface area contributed by atoms with E-state index in [9.17, 15) is 8.42 Å². The van der Waals surface area contributed by atoms with E-state index in [0.717, 1.165) is 12.8 Å². The molecule has 112 valence electrons. The average Bonchev–Trinajstić information content (AvgIpc) is 2.42. The highest BCUT2D eigenvalue weighted by molar-refractivity contribution is 7.89. The quantitative estimate of drug-likeness (QED) is 0.865. The van der Waals surface area contributed by atoms with Crippen LogP contribution in [0.1, 0.15) is 18.4 Å². The number of piperidine rings is 1. The van der Waals surface area contributed by atoms with Gasteiger partial charge < -0.3 is 10.5 Å². The number of hydrogen-bond acceptors (Lipinski definition) is 4. The second kappa shape index (κ2) is 5.89. The summed E-state index contributed by atoms with van der Waals surface area (Å²) in [5.74, 6) is 0. The highest BCUT2D eigenvalue weighted by Gasteiger charge is 2.31. The molecule has 20 heavy (non-hydrogen) atoms. The third kappa shape index (κ3) is 2.93. The average molecular weight is 319 g/mol. The number of methoxy groups -OCH3 is 1. The van der Waals surface area contributed by atoms with Crippen LogP contribution in [0.3, 0.4) is 0 Å². The molecular weight excluding hydrogens is 300 g/mol. The molecule has 1 fully saturated rings. The van der Waals surface area contributed by atoms with Crippen molar-refractivity contribution in [1.29, 1.82) is 0 Å². The van der Waals surface area contributed by atoms with Crippen molar-refractivity contribution < 1.29 is 13.2 Å². The summed E-state index contributed by atoms with van der Waals surface area (Å²) in [6.45, 7) is 2.60. The number of halogens is 1. The number of aryl methyl sites for hydroxylation is 1. The molecule has 0 amide bonds. The molecule has 0 aromatic heterocycles. The zero-order chi connectivity index (χ0) is 14.9. The van der Waals surface area contributed by atoms with E-state index in [2.05, 4.69) is 0 Å². The lowest BCUT2D eigenvalue weighted by Gasteiger charge is -2.31. The molecule has 2 rings (SSSR count). The predicted octanol–water partition coefficient (Wildman–Crippen LogP) is 2.03. The minimum Gasteiger partial charge on any atom is -0.397 e. The van der Waals surface area contributed by atoms with E-state index in [1.54, 1.807) is 20.1 Å². The van der Waals surface area contributed by atoms with E-state index in [4.69, 9.17) is 22.1 Å². The molecule has 0 bridgehead atoms. The number of rotatable bonds is 3. The normalized spacial score (nSPS) is 21.1. The Balaban J connectivity index is 2.37. The maximum Gasteiger partial charge on any atom is 0.243 e. The molecule has 5 nitrogen and oxygen atoms in total. The number of ether oxygens (including phenoxy) is 1. The number of hydrogen-bond donors (Lipinski definition) is 1. The molecule has 0 spiro atoms. The smallest absolute Gasteiger partial charge is 0.243 e. The van der Waals surface area contributed by atoms with Crippen molar-refractivity contribution in [3.63, 3.8) is 0 Å². The first-order valence-electron chi connectivity index (χ1n) is 6.45. The molecule has 0 saturated carbocycles.